The van der Waals surface area contributed by atoms with Gasteiger partial charge in [0.15, 0.2) is 0 Å². The van der Waals surface area contributed by atoms with E-state index in [0.717, 1.165) is 36.8 Å². The third-order valence-electron chi connectivity index (χ3n) is 5.02. The molecule has 1 amide bonds. The summed E-state index contributed by atoms with van der Waals surface area (Å²) in [7, 11) is 0. The molecule has 1 saturated heterocycles. The van der Waals surface area contributed by atoms with Crippen molar-refractivity contribution in [2.24, 2.45) is 0 Å². The Labute approximate surface area is 154 Å². The lowest BCUT2D eigenvalue weighted by Crippen LogP contribution is -2.38. The predicted octanol–water partition coefficient (Wildman–Crippen LogP) is 4.27. The van der Waals surface area contributed by atoms with Crippen LogP contribution in [0.15, 0.2) is 30.3 Å². The number of unbranched alkanes of at least 4 members (excludes halogenated alkanes) is 1. The van der Waals surface area contributed by atoms with Gasteiger partial charge in [0, 0.05) is 23.5 Å². The van der Waals surface area contributed by atoms with Crippen molar-refractivity contribution in [3.05, 3.63) is 41.0 Å². The molecular formula is C20H26ClN3O. The van der Waals surface area contributed by atoms with Crippen molar-refractivity contribution < 1.29 is 4.79 Å². The molecule has 4 nitrogen and oxygen atoms in total. The number of fused-ring (bicyclic) bond motifs is 1. The number of benzene rings is 1. The molecule has 0 bridgehead atoms. The van der Waals surface area contributed by atoms with Crippen LogP contribution >= 0.6 is 11.6 Å². The van der Waals surface area contributed by atoms with Crippen molar-refractivity contribution in [1.82, 2.24) is 15.2 Å². The number of halogens is 1. The molecule has 0 radical (unpaired) electrons. The van der Waals surface area contributed by atoms with Gasteiger partial charge in [-0.15, -0.1) is 0 Å². The van der Waals surface area contributed by atoms with Crippen LogP contribution in [0.1, 0.15) is 49.4 Å². The van der Waals surface area contributed by atoms with Crippen molar-refractivity contribution in [2.45, 2.75) is 45.1 Å². The molecule has 1 aliphatic rings. The molecule has 1 atom stereocenters. The smallest absolute Gasteiger partial charge is 0.251 e. The fourth-order valence-electron chi connectivity index (χ4n) is 3.48. The number of carbonyl (C=O) groups is 1. The summed E-state index contributed by atoms with van der Waals surface area (Å²) >= 11 is 5.89. The number of nitrogens with one attached hydrogen (secondary N) is 1. The normalized spacial score (nSPS) is 18.4. The molecule has 0 aliphatic carbocycles. The van der Waals surface area contributed by atoms with E-state index >= 15 is 0 Å². The molecule has 1 aliphatic heterocycles. The van der Waals surface area contributed by atoms with E-state index < -0.39 is 0 Å². The van der Waals surface area contributed by atoms with E-state index in [2.05, 4.69) is 22.1 Å². The third-order valence-corrected chi connectivity index (χ3v) is 5.23. The lowest BCUT2D eigenvalue weighted by molar-refractivity contribution is 0.0951. The van der Waals surface area contributed by atoms with Crippen LogP contribution in [-0.4, -0.2) is 41.5 Å². The van der Waals surface area contributed by atoms with Gasteiger partial charge in [0.25, 0.3) is 5.91 Å². The Balaban J connectivity index is 1.44. The van der Waals surface area contributed by atoms with Crippen LogP contribution < -0.4 is 5.32 Å². The highest BCUT2D eigenvalue weighted by atomic mass is 35.5. The molecule has 1 aromatic heterocycles. The number of hydrogen-bond donors (Lipinski definition) is 1. The van der Waals surface area contributed by atoms with E-state index in [1.165, 1.54) is 25.8 Å². The first-order valence-electron chi connectivity index (χ1n) is 9.22. The number of nitrogens with zero attached hydrogens (tertiary/aromatic N) is 2. The Morgan fingerprint density at radius 1 is 1.28 bits per heavy atom. The Hall–Kier alpha value is -1.65. The second-order valence-electron chi connectivity index (χ2n) is 6.89. The molecular weight excluding hydrogens is 334 g/mol. The summed E-state index contributed by atoms with van der Waals surface area (Å²) in [6, 6.07) is 9.85. The zero-order valence-corrected chi connectivity index (χ0v) is 15.6. The fraction of sp³-hybridized carbons (Fsp3) is 0.500. The largest absolute Gasteiger partial charge is 0.352 e. The van der Waals surface area contributed by atoms with Crippen molar-refractivity contribution in [1.29, 1.82) is 0 Å². The Morgan fingerprint density at radius 3 is 3.00 bits per heavy atom. The first kappa shape index (κ1) is 18.2. The number of hydrogen-bond acceptors (Lipinski definition) is 3. The second kappa shape index (κ2) is 8.63. The van der Waals surface area contributed by atoms with Crippen LogP contribution in [0.2, 0.25) is 5.15 Å². The average Bonchev–Trinajstić information content (AvgIpc) is 2.62. The van der Waals surface area contributed by atoms with Gasteiger partial charge in [-0.25, -0.2) is 4.98 Å². The molecule has 1 fully saturated rings. The minimum Gasteiger partial charge on any atom is -0.352 e. The average molecular weight is 360 g/mol. The van der Waals surface area contributed by atoms with Gasteiger partial charge in [0.2, 0.25) is 0 Å². The highest BCUT2D eigenvalue weighted by Gasteiger charge is 2.17. The number of likely N-dealkylation sites (tertiary alicyclic amines) is 1. The maximum atomic E-state index is 12.3. The second-order valence-corrected chi connectivity index (χ2v) is 7.27. The minimum absolute atomic E-state index is 0.0248. The van der Waals surface area contributed by atoms with Crippen LogP contribution in [0.3, 0.4) is 0 Å². The number of aromatic nitrogens is 1. The van der Waals surface area contributed by atoms with E-state index in [-0.39, 0.29) is 5.91 Å². The molecule has 5 heteroatoms. The van der Waals surface area contributed by atoms with Crippen LogP contribution in [-0.2, 0) is 0 Å². The summed E-state index contributed by atoms with van der Waals surface area (Å²) in [4.78, 5) is 19.1. The van der Waals surface area contributed by atoms with Crippen molar-refractivity contribution in [2.75, 3.05) is 19.6 Å². The maximum Gasteiger partial charge on any atom is 0.251 e. The standard InChI is InChI=1S/C20H26ClN3O/c1-15-6-2-4-12-24(15)13-5-3-11-22-20(25)17-7-9-18-16(14-17)8-10-19(21)23-18/h7-10,14-15H,2-6,11-13H2,1H3,(H,22,25). The predicted molar refractivity (Wildman–Crippen MR) is 103 cm³/mol. The molecule has 1 unspecified atom stereocenters. The molecule has 0 saturated carbocycles. The van der Waals surface area contributed by atoms with E-state index in [9.17, 15) is 4.79 Å². The summed E-state index contributed by atoms with van der Waals surface area (Å²) in [6.07, 6.45) is 6.15. The zero-order chi connectivity index (χ0) is 17.6. The Morgan fingerprint density at radius 2 is 2.16 bits per heavy atom. The highest BCUT2D eigenvalue weighted by Crippen LogP contribution is 2.18. The lowest BCUT2D eigenvalue weighted by atomic mass is 10.0. The maximum absolute atomic E-state index is 12.3. The molecule has 3 rings (SSSR count). The molecule has 25 heavy (non-hydrogen) atoms. The Bertz CT molecular complexity index is 734. The number of carbonyl (C=O) groups excluding carboxylic acids is 1. The SMILES string of the molecule is CC1CCCCN1CCCCNC(=O)c1ccc2nc(Cl)ccc2c1. The van der Waals surface area contributed by atoms with Gasteiger partial charge in [0.05, 0.1) is 5.52 Å². The third kappa shape index (κ3) is 4.93. The topological polar surface area (TPSA) is 45.2 Å². The van der Waals surface area contributed by atoms with Crippen LogP contribution in [0.5, 0.6) is 0 Å². The first-order chi connectivity index (χ1) is 12.1. The van der Waals surface area contributed by atoms with Gasteiger partial charge in [-0.3, -0.25) is 4.79 Å². The van der Waals surface area contributed by atoms with Gasteiger partial charge >= 0.3 is 0 Å². The molecule has 1 aromatic carbocycles. The number of rotatable bonds is 6. The van der Waals surface area contributed by atoms with Gasteiger partial charge in [-0.2, -0.15) is 0 Å². The lowest BCUT2D eigenvalue weighted by Gasteiger charge is -2.33. The van der Waals surface area contributed by atoms with E-state index in [4.69, 9.17) is 11.6 Å². The van der Waals surface area contributed by atoms with Crippen molar-refractivity contribution >= 4 is 28.4 Å². The van der Waals surface area contributed by atoms with Crippen LogP contribution in [0.4, 0.5) is 0 Å². The number of piperidine rings is 1. The Kier molecular flexibility index (Phi) is 6.27. The van der Waals surface area contributed by atoms with Crippen molar-refractivity contribution in [3.8, 4) is 0 Å². The monoisotopic (exact) mass is 359 g/mol. The summed E-state index contributed by atoms with van der Waals surface area (Å²) in [5, 5.41) is 4.41. The highest BCUT2D eigenvalue weighted by molar-refractivity contribution is 6.29. The number of pyridine rings is 1. The van der Waals surface area contributed by atoms with Gasteiger partial charge in [-0.05, 0) is 76.0 Å². The van der Waals surface area contributed by atoms with Gasteiger partial charge in [0.1, 0.15) is 5.15 Å². The summed E-state index contributed by atoms with van der Waals surface area (Å²) < 4.78 is 0. The van der Waals surface area contributed by atoms with Crippen LogP contribution in [0.25, 0.3) is 10.9 Å². The minimum atomic E-state index is -0.0248. The summed E-state index contributed by atoms with van der Waals surface area (Å²) in [6.45, 7) is 5.41. The molecule has 2 heterocycles. The molecule has 134 valence electrons. The van der Waals surface area contributed by atoms with E-state index in [0.29, 0.717) is 16.8 Å². The first-order valence-corrected chi connectivity index (χ1v) is 9.60. The molecule has 1 N–H and O–H groups in total. The molecule has 0 spiro atoms. The molecule has 2 aromatic rings. The van der Waals surface area contributed by atoms with Crippen LogP contribution in [0, 0.1) is 0 Å². The zero-order valence-electron chi connectivity index (χ0n) is 14.8. The summed E-state index contributed by atoms with van der Waals surface area (Å²) in [5.41, 5.74) is 1.47. The van der Waals surface area contributed by atoms with Gasteiger partial charge < -0.3 is 10.2 Å². The number of amides is 1. The van der Waals surface area contributed by atoms with Crippen molar-refractivity contribution in [3.63, 3.8) is 0 Å². The summed E-state index contributed by atoms with van der Waals surface area (Å²) in [5.74, 6) is -0.0248. The van der Waals surface area contributed by atoms with Gasteiger partial charge in [-0.1, -0.05) is 18.0 Å². The quantitative estimate of drug-likeness (QED) is 0.618. The van der Waals surface area contributed by atoms with E-state index in [1.54, 1.807) is 12.1 Å². The fourth-order valence-corrected chi connectivity index (χ4v) is 3.63. The van der Waals surface area contributed by atoms with E-state index in [1.807, 2.05) is 18.2 Å².